The highest BCUT2D eigenvalue weighted by Gasteiger charge is 2.27. The lowest BCUT2D eigenvalue weighted by Crippen LogP contribution is -2.29. The average molecular weight is 354 g/mol. The quantitative estimate of drug-likeness (QED) is 0.803. The van der Waals surface area contributed by atoms with Crippen molar-refractivity contribution in [2.75, 3.05) is 11.9 Å². The molecule has 0 heterocycles. The Kier molecular flexibility index (Phi) is 6.04. The van der Waals surface area contributed by atoms with E-state index in [1.165, 1.54) is 0 Å². The SMILES string of the molecule is Cc1ccccc1-c1cccc(NC(=O)C2CCCC(CCN)C2)c1F. The van der Waals surface area contributed by atoms with Crippen LogP contribution in [-0.4, -0.2) is 12.5 Å². The van der Waals surface area contributed by atoms with E-state index in [0.29, 0.717) is 18.0 Å². The lowest BCUT2D eigenvalue weighted by atomic mass is 9.79. The number of nitrogens with two attached hydrogens (primary N) is 1. The summed E-state index contributed by atoms with van der Waals surface area (Å²) in [7, 11) is 0. The van der Waals surface area contributed by atoms with Crippen molar-refractivity contribution in [3.8, 4) is 11.1 Å². The van der Waals surface area contributed by atoms with E-state index < -0.39 is 0 Å². The third kappa shape index (κ3) is 4.13. The Bertz CT molecular complexity index is 772. The van der Waals surface area contributed by atoms with E-state index >= 15 is 4.39 Å². The fourth-order valence-corrected chi connectivity index (χ4v) is 3.97. The standard InChI is InChI=1S/C22H27FN2O/c1-15-6-2-3-9-18(15)19-10-5-11-20(21(19)23)25-22(26)17-8-4-7-16(14-17)12-13-24/h2-3,5-6,9-11,16-17H,4,7-8,12-14,24H2,1H3,(H,25,26). The number of aryl methyl sites for hydroxylation is 1. The van der Waals surface area contributed by atoms with Gasteiger partial charge in [-0.25, -0.2) is 4.39 Å². The van der Waals surface area contributed by atoms with Gasteiger partial charge in [-0.2, -0.15) is 0 Å². The fraction of sp³-hybridized carbons (Fsp3) is 0.409. The van der Waals surface area contributed by atoms with Crippen LogP contribution in [0.1, 0.15) is 37.7 Å². The highest BCUT2D eigenvalue weighted by Crippen LogP contribution is 2.33. The van der Waals surface area contributed by atoms with Gasteiger partial charge in [0, 0.05) is 11.5 Å². The highest BCUT2D eigenvalue weighted by atomic mass is 19.1. The zero-order valence-corrected chi connectivity index (χ0v) is 15.3. The smallest absolute Gasteiger partial charge is 0.227 e. The second kappa shape index (κ2) is 8.45. The summed E-state index contributed by atoms with van der Waals surface area (Å²) in [6, 6.07) is 12.9. The molecular formula is C22H27FN2O. The zero-order valence-electron chi connectivity index (χ0n) is 15.3. The van der Waals surface area contributed by atoms with Gasteiger partial charge in [0.1, 0.15) is 0 Å². The maximum absolute atomic E-state index is 15.0. The number of halogens is 1. The molecule has 1 fully saturated rings. The number of hydrogen-bond donors (Lipinski definition) is 2. The minimum Gasteiger partial charge on any atom is -0.330 e. The molecule has 26 heavy (non-hydrogen) atoms. The molecule has 138 valence electrons. The number of rotatable bonds is 5. The van der Waals surface area contributed by atoms with Gasteiger partial charge >= 0.3 is 0 Å². The third-order valence-electron chi connectivity index (χ3n) is 5.42. The summed E-state index contributed by atoms with van der Waals surface area (Å²) in [5, 5.41) is 2.83. The highest BCUT2D eigenvalue weighted by molar-refractivity contribution is 5.93. The van der Waals surface area contributed by atoms with E-state index in [4.69, 9.17) is 5.73 Å². The van der Waals surface area contributed by atoms with E-state index in [1.54, 1.807) is 18.2 Å². The monoisotopic (exact) mass is 354 g/mol. The van der Waals surface area contributed by atoms with Gasteiger partial charge in [0.2, 0.25) is 5.91 Å². The molecule has 3 nitrogen and oxygen atoms in total. The summed E-state index contributed by atoms with van der Waals surface area (Å²) in [4.78, 5) is 12.7. The van der Waals surface area contributed by atoms with Crippen LogP contribution in [0.3, 0.4) is 0 Å². The normalized spacial score (nSPS) is 20.0. The molecule has 2 aromatic carbocycles. The molecule has 0 aromatic heterocycles. The lowest BCUT2D eigenvalue weighted by Gasteiger charge is -2.28. The molecular weight excluding hydrogens is 327 g/mol. The van der Waals surface area contributed by atoms with Crippen molar-refractivity contribution < 1.29 is 9.18 Å². The molecule has 0 radical (unpaired) electrons. The van der Waals surface area contributed by atoms with Crippen molar-refractivity contribution >= 4 is 11.6 Å². The molecule has 1 aliphatic carbocycles. The summed E-state index contributed by atoms with van der Waals surface area (Å²) in [5.41, 5.74) is 8.29. The van der Waals surface area contributed by atoms with Gasteiger partial charge in [-0.3, -0.25) is 4.79 Å². The number of carbonyl (C=O) groups is 1. The Morgan fingerprint density at radius 3 is 2.69 bits per heavy atom. The zero-order chi connectivity index (χ0) is 18.5. The van der Waals surface area contributed by atoms with Crippen LogP contribution in [0.15, 0.2) is 42.5 Å². The van der Waals surface area contributed by atoms with Crippen molar-refractivity contribution in [3.05, 3.63) is 53.8 Å². The Hall–Kier alpha value is -2.20. The van der Waals surface area contributed by atoms with Gasteiger partial charge in [-0.1, -0.05) is 49.2 Å². The van der Waals surface area contributed by atoms with Crippen LogP contribution in [-0.2, 0) is 4.79 Å². The Morgan fingerprint density at radius 2 is 1.92 bits per heavy atom. The first kappa shape index (κ1) is 18.6. The molecule has 1 aliphatic rings. The molecule has 1 saturated carbocycles. The molecule has 0 saturated heterocycles. The second-order valence-corrected chi connectivity index (χ2v) is 7.28. The predicted molar refractivity (Wildman–Crippen MR) is 104 cm³/mol. The van der Waals surface area contributed by atoms with E-state index in [9.17, 15) is 4.79 Å². The first-order valence-electron chi connectivity index (χ1n) is 9.45. The number of nitrogens with one attached hydrogen (secondary N) is 1. The Labute approximate surface area is 154 Å². The third-order valence-corrected chi connectivity index (χ3v) is 5.42. The van der Waals surface area contributed by atoms with Crippen LogP contribution in [0.4, 0.5) is 10.1 Å². The van der Waals surface area contributed by atoms with Crippen LogP contribution in [0.25, 0.3) is 11.1 Å². The molecule has 3 rings (SSSR count). The Morgan fingerprint density at radius 1 is 1.15 bits per heavy atom. The van der Waals surface area contributed by atoms with Crippen molar-refractivity contribution in [2.24, 2.45) is 17.6 Å². The topological polar surface area (TPSA) is 55.1 Å². The first-order chi connectivity index (χ1) is 12.6. The summed E-state index contributed by atoms with van der Waals surface area (Å²) >= 11 is 0. The summed E-state index contributed by atoms with van der Waals surface area (Å²) in [5.74, 6) is 0.00601. The van der Waals surface area contributed by atoms with Crippen LogP contribution < -0.4 is 11.1 Å². The molecule has 3 N–H and O–H groups in total. The van der Waals surface area contributed by atoms with E-state index in [1.807, 2.05) is 31.2 Å². The van der Waals surface area contributed by atoms with Gasteiger partial charge in [0.25, 0.3) is 0 Å². The Balaban J connectivity index is 1.77. The number of anilines is 1. The minimum atomic E-state index is -0.371. The van der Waals surface area contributed by atoms with E-state index in [2.05, 4.69) is 5.32 Å². The second-order valence-electron chi connectivity index (χ2n) is 7.28. The maximum Gasteiger partial charge on any atom is 0.227 e. The van der Waals surface area contributed by atoms with Crippen molar-refractivity contribution in [3.63, 3.8) is 0 Å². The number of hydrogen-bond acceptors (Lipinski definition) is 2. The van der Waals surface area contributed by atoms with Gasteiger partial charge < -0.3 is 11.1 Å². The largest absolute Gasteiger partial charge is 0.330 e. The van der Waals surface area contributed by atoms with E-state index in [-0.39, 0.29) is 23.3 Å². The lowest BCUT2D eigenvalue weighted by molar-refractivity contribution is -0.121. The van der Waals surface area contributed by atoms with Gasteiger partial charge in [-0.05, 0) is 55.8 Å². The maximum atomic E-state index is 15.0. The van der Waals surface area contributed by atoms with Gasteiger partial charge in [-0.15, -0.1) is 0 Å². The summed E-state index contributed by atoms with van der Waals surface area (Å²) < 4.78 is 15.0. The minimum absolute atomic E-state index is 0.0539. The van der Waals surface area contributed by atoms with Crippen molar-refractivity contribution in [1.82, 2.24) is 0 Å². The van der Waals surface area contributed by atoms with Crippen LogP contribution in [0, 0.1) is 24.6 Å². The molecule has 0 bridgehead atoms. The number of benzene rings is 2. The molecule has 2 atom stereocenters. The average Bonchev–Trinajstić information content (AvgIpc) is 2.65. The molecule has 1 amide bonds. The summed E-state index contributed by atoms with van der Waals surface area (Å²) in [6.07, 6.45) is 4.85. The predicted octanol–water partition coefficient (Wildman–Crippen LogP) is 4.89. The molecule has 0 aliphatic heterocycles. The molecule has 4 heteroatoms. The number of amides is 1. The molecule has 2 aromatic rings. The first-order valence-corrected chi connectivity index (χ1v) is 9.45. The fourth-order valence-electron chi connectivity index (χ4n) is 3.97. The molecule has 0 spiro atoms. The summed E-state index contributed by atoms with van der Waals surface area (Å²) in [6.45, 7) is 2.62. The van der Waals surface area contributed by atoms with Crippen LogP contribution >= 0.6 is 0 Å². The molecule has 2 unspecified atom stereocenters. The number of carbonyl (C=O) groups excluding carboxylic acids is 1. The van der Waals surface area contributed by atoms with Crippen LogP contribution in [0.2, 0.25) is 0 Å². The van der Waals surface area contributed by atoms with Gasteiger partial charge in [0.05, 0.1) is 5.69 Å². The van der Waals surface area contributed by atoms with Crippen LogP contribution in [0.5, 0.6) is 0 Å². The van der Waals surface area contributed by atoms with Crippen molar-refractivity contribution in [1.29, 1.82) is 0 Å². The van der Waals surface area contributed by atoms with Gasteiger partial charge in [0.15, 0.2) is 5.82 Å². The van der Waals surface area contributed by atoms with Crippen molar-refractivity contribution in [2.45, 2.75) is 39.0 Å². The van der Waals surface area contributed by atoms with E-state index in [0.717, 1.165) is 43.2 Å².